The molecule has 2 aromatic rings. The molecule has 0 aliphatic rings. The predicted molar refractivity (Wildman–Crippen MR) is 67.7 cm³/mol. The minimum absolute atomic E-state index is 0.0223. The maximum absolute atomic E-state index is 12.6. The van der Waals surface area contributed by atoms with Crippen molar-refractivity contribution >= 4 is 11.8 Å². The molecule has 0 radical (unpaired) electrons. The molecular formula is C12H12F3N5. The Morgan fingerprint density at radius 1 is 1.20 bits per heavy atom. The molecule has 8 heteroatoms. The molecule has 0 saturated heterocycles. The van der Waals surface area contributed by atoms with Crippen molar-refractivity contribution in [2.75, 3.05) is 11.1 Å². The van der Waals surface area contributed by atoms with Crippen LogP contribution in [0.25, 0.3) is 0 Å². The van der Waals surface area contributed by atoms with Gasteiger partial charge in [-0.15, -0.1) is 0 Å². The maximum atomic E-state index is 12.6. The minimum Gasteiger partial charge on any atom is -0.368 e. The molecule has 2 aromatic heterocycles. The topological polar surface area (TPSA) is 76.7 Å². The molecule has 0 aliphatic carbocycles. The van der Waals surface area contributed by atoms with Crippen molar-refractivity contribution in [3.63, 3.8) is 0 Å². The van der Waals surface area contributed by atoms with Crippen molar-refractivity contribution in [1.29, 1.82) is 0 Å². The summed E-state index contributed by atoms with van der Waals surface area (Å²) < 4.78 is 37.9. The molecule has 0 spiro atoms. The highest BCUT2D eigenvalue weighted by molar-refractivity contribution is 5.43. The lowest BCUT2D eigenvalue weighted by Gasteiger charge is -2.16. The van der Waals surface area contributed by atoms with Gasteiger partial charge in [0.1, 0.15) is 5.82 Å². The van der Waals surface area contributed by atoms with Gasteiger partial charge >= 0.3 is 6.18 Å². The Labute approximate surface area is 113 Å². The number of nitrogens with one attached hydrogen (secondary N) is 1. The van der Waals surface area contributed by atoms with E-state index >= 15 is 0 Å². The van der Waals surface area contributed by atoms with Crippen molar-refractivity contribution in [1.82, 2.24) is 15.0 Å². The predicted octanol–water partition coefficient (Wildman–Crippen LogP) is 2.65. The van der Waals surface area contributed by atoms with Gasteiger partial charge in [-0.25, -0.2) is 4.98 Å². The number of nitrogen functional groups attached to an aromatic ring is 1. The van der Waals surface area contributed by atoms with Crippen LogP contribution in [0.1, 0.15) is 24.2 Å². The van der Waals surface area contributed by atoms with Gasteiger partial charge in [0, 0.05) is 18.5 Å². The second-order valence-corrected chi connectivity index (χ2v) is 4.14. The van der Waals surface area contributed by atoms with Gasteiger partial charge in [0.2, 0.25) is 5.95 Å². The van der Waals surface area contributed by atoms with Crippen LogP contribution in [0, 0.1) is 0 Å². The molecular weight excluding hydrogens is 271 g/mol. The van der Waals surface area contributed by atoms with Crippen LogP contribution in [0.3, 0.4) is 0 Å². The van der Waals surface area contributed by atoms with Crippen molar-refractivity contribution in [3.05, 3.63) is 41.9 Å². The molecule has 0 saturated carbocycles. The second-order valence-electron chi connectivity index (χ2n) is 4.14. The van der Waals surface area contributed by atoms with Crippen LogP contribution in [-0.2, 0) is 6.18 Å². The standard InChI is InChI=1S/C12H12F3N5/c1-7(8-2-4-17-5-3-8)18-10-6-9(12(13,14)15)19-11(16)20-10/h2-7H,1H3,(H3,16,18,19,20). The molecule has 5 nitrogen and oxygen atoms in total. The van der Waals surface area contributed by atoms with E-state index in [-0.39, 0.29) is 11.9 Å². The largest absolute Gasteiger partial charge is 0.433 e. The van der Waals surface area contributed by atoms with Crippen molar-refractivity contribution in [2.24, 2.45) is 0 Å². The van der Waals surface area contributed by atoms with Crippen LogP contribution in [0.4, 0.5) is 24.9 Å². The molecule has 20 heavy (non-hydrogen) atoms. The van der Waals surface area contributed by atoms with E-state index in [9.17, 15) is 13.2 Å². The molecule has 1 atom stereocenters. The third-order valence-corrected chi connectivity index (χ3v) is 2.60. The van der Waals surface area contributed by atoms with Crippen LogP contribution in [0.15, 0.2) is 30.6 Å². The van der Waals surface area contributed by atoms with Gasteiger partial charge in [-0.2, -0.15) is 18.2 Å². The monoisotopic (exact) mass is 283 g/mol. The number of nitrogens with two attached hydrogens (primary N) is 1. The smallest absolute Gasteiger partial charge is 0.368 e. The van der Waals surface area contributed by atoms with Crippen LogP contribution in [-0.4, -0.2) is 15.0 Å². The number of halogens is 3. The first kappa shape index (κ1) is 14.0. The number of pyridine rings is 1. The normalized spacial score (nSPS) is 13.0. The van der Waals surface area contributed by atoms with Crippen LogP contribution in [0.2, 0.25) is 0 Å². The van der Waals surface area contributed by atoms with Gasteiger partial charge < -0.3 is 11.1 Å². The summed E-state index contributed by atoms with van der Waals surface area (Å²) >= 11 is 0. The Hall–Kier alpha value is -2.38. The van der Waals surface area contributed by atoms with Crippen molar-refractivity contribution in [3.8, 4) is 0 Å². The van der Waals surface area contributed by atoms with Gasteiger partial charge in [-0.05, 0) is 24.6 Å². The average Bonchev–Trinajstić information content (AvgIpc) is 2.38. The lowest BCUT2D eigenvalue weighted by atomic mass is 10.1. The number of rotatable bonds is 3. The van der Waals surface area contributed by atoms with E-state index in [4.69, 9.17) is 5.73 Å². The number of nitrogens with zero attached hydrogens (tertiary/aromatic N) is 3. The lowest BCUT2D eigenvalue weighted by molar-refractivity contribution is -0.141. The number of aromatic nitrogens is 3. The van der Waals surface area contributed by atoms with Gasteiger partial charge in [-0.3, -0.25) is 4.98 Å². The Bertz CT molecular complexity index is 585. The van der Waals surface area contributed by atoms with E-state index in [1.807, 2.05) is 0 Å². The zero-order chi connectivity index (χ0) is 14.8. The molecule has 0 bridgehead atoms. The summed E-state index contributed by atoms with van der Waals surface area (Å²) in [6.07, 6.45) is -1.36. The fraction of sp³-hybridized carbons (Fsp3) is 0.250. The van der Waals surface area contributed by atoms with Gasteiger partial charge in [0.25, 0.3) is 0 Å². The highest BCUT2D eigenvalue weighted by atomic mass is 19.4. The first-order valence-corrected chi connectivity index (χ1v) is 5.74. The molecule has 2 rings (SSSR count). The maximum Gasteiger partial charge on any atom is 0.433 e. The van der Waals surface area contributed by atoms with E-state index in [1.165, 1.54) is 0 Å². The molecule has 2 heterocycles. The zero-order valence-electron chi connectivity index (χ0n) is 10.5. The number of hydrogen-bond donors (Lipinski definition) is 2. The third kappa shape index (κ3) is 3.34. The molecule has 0 aromatic carbocycles. The Morgan fingerprint density at radius 2 is 1.85 bits per heavy atom. The quantitative estimate of drug-likeness (QED) is 0.905. The first-order chi connectivity index (χ1) is 9.36. The number of alkyl halides is 3. The lowest BCUT2D eigenvalue weighted by Crippen LogP contribution is -2.14. The molecule has 0 aliphatic heterocycles. The van der Waals surface area contributed by atoms with Crippen molar-refractivity contribution in [2.45, 2.75) is 19.1 Å². The van der Waals surface area contributed by atoms with Gasteiger partial charge in [0.05, 0.1) is 6.04 Å². The van der Waals surface area contributed by atoms with Crippen LogP contribution >= 0.6 is 0 Å². The number of hydrogen-bond acceptors (Lipinski definition) is 5. The van der Waals surface area contributed by atoms with E-state index in [2.05, 4.69) is 20.3 Å². The van der Waals surface area contributed by atoms with Gasteiger partial charge in [0.15, 0.2) is 5.69 Å². The Kier molecular flexibility index (Phi) is 3.73. The summed E-state index contributed by atoms with van der Waals surface area (Å²) in [5.74, 6) is -0.404. The Balaban J connectivity index is 2.24. The first-order valence-electron chi connectivity index (χ1n) is 5.74. The SMILES string of the molecule is CC(Nc1cc(C(F)(F)F)nc(N)n1)c1ccncc1. The summed E-state index contributed by atoms with van der Waals surface area (Å²) in [7, 11) is 0. The molecule has 3 N–H and O–H groups in total. The fourth-order valence-corrected chi connectivity index (χ4v) is 1.64. The summed E-state index contributed by atoms with van der Waals surface area (Å²) in [5, 5.41) is 2.85. The van der Waals surface area contributed by atoms with E-state index in [1.54, 1.807) is 31.5 Å². The van der Waals surface area contributed by atoms with Crippen LogP contribution < -0.4 is 11.1 Å². The van der Waals surface area contributed by atoms with E-state index in [0.717, 1.165) is 11.6 Å². The minimum atomic E-state index is -4.56. The fourth-order valence-electron chi connectivity index (χ4n) is 1.64. The second kappa shape index (κ2) is 5.32. The van der Waals surface area contributed by atoms with Crippen molar-refractivity contribution < 1.29 is 13.2 Å². The molecule has 0 amide bonds. The third-order valence-electron chi connectivity index (χ3n) is 2.60. The summed E-state index contributed by atoms with van der Waals surface area (Å²) in [4.78, 5) is 10.8. The highest BCUT2D eigenvalue weighted by Gasteiger charge is 2.33. The average molecular weight is 283 g/mol. The Morgan fingerprint density at radius 3 is 2.45 bits per heavy atom. The van der Waals surface area contributed by atoms with E-state index < -0.39 is 17.8 Å². The summed E-state index contributed by atoms with van der Waals surface area (Å²) in [5.41, 5.74) is 5.09. The van der Waals surface area contributed by atoms with Gasteiger partial charge in [-0.1, -0.05) is 0 Å². The molecule has 1 unspecified atom stereocenters. The highest BCUT2D eigenvalue weighted by Crippen LogP contribution is 2.30. The summed E-state index contributed by atoms with van der Waals surface area (Å²) in [6.45, 7) is 1.79. The molecule has 0 fully saturated rings. The zero-order valence-corrected chi connectivity index (χ0v) is 10.5. The molecule has 106 valence electrons. The van der Waals surface area contributed by atoms with Crippen LogP contribution in [0.5, 0.6) is 0 Å². The summed E-state index contributed by atoms with van der Waals surface area (Å²) in [6, 6.07) is 4.10. The number of anilines is 2. The van der Waals surface area contributed by atoms with E-state index in [0.29, 0.717) is 0 Å².